The third kappa shape index (κ3) is 5.23. The summed E-state index contributed by atoms with van der Waals surface area (Å²) in [6.45, 7) is 9.38. The van der Waals surface area contributed by atoms with E-state index in [9.17, 15) is 14.4 Å². The first kappa shape index (κ1) is 22.2. The molecule has 0 aromatic carbocycles. The van der Waals surface area contributed by atoms with Crippen molar-refractivity contribution in [3.05, 3.63) is 33.6 Å². The molecule has 28 heavy (non-hydrogen) atoms. The van der Waals surface area contributed by atoms with E-state index in [0.717, 1.165) is 0 Å². The Kier molecular flexibility index (Phi) is 7.82. The summed E-state index contributed by atoms with van der Waals surface area (Å²) in [6, 6.07) is 0. The minimum absolute atomic E-state index is 0.116. The Balaban J connectivity index is 2.09. The second-order valence-corrected chi connectivity index (χ2v) is 8.50. The number of Topliss-reactive ketones (excluding diaryl/α,β-unsaturated/α-hetero) is 1. The molecule has 1 unspecified atom stereocenters. The van der Waals surface area contributed by atoms with Crippen molar-refractivity contribution in [2.45, 2.75) is 50.6 Å². The van der Waals surface area contributed by atoms with Gasteiger partial charge in [-0.2, -0.15) is 0 Å². The molecule has 0 saturated heterocycles. The van der Waals surface area contributed by atoms with Gasteiger partial charge in [0.2, 0.25) is 0 Å². The molecule has 9 heteroatoms. The van der Waals surface area contributed by atoms with Crippen molar-refractivity contribution in [3.8, 4) is 0 Å². The molecule has 0 amide bonds. The van der Waals surface area contributed by atoms with Crippen molar-refractivity contribution in [1.82, 2.24) is 9.97 Å². The molecular weight excluding hydrogens is 400 g/mol. The third-order valence-electron chi connectivity index (χ3n) is 3.97. The molecule has 0 aliphatic rings. The number of ether oxygens (including phenoxy) is 2. The second-order valence-electron chi connectivity index (χ2n) is 6.06. The number of aryl methyl sites for hydroxylation is 1. The molecule has 2 rings (SSSR count). The van der Waals surface area contributed by atoms with Gasteiger partial charge in [0.05, 0.1) is 41.8 Å². The molecule has 7 nitrogen and oxygen atoms in total. The smallest absolute Gasteiger partial charge is 0.340 e. The molecule has 0 aliphatic carbocycles. The zero-order valence-corrected chi connectivity index (χ0v) is 18.2. The first-order valence-corrected chi connectivity index (χ1v) is 10.7. The van der Waals surface area contributed by atoms with Gasteiger partial charge in [-0.15, -0.1) is 11.3 Å². The standard InChI is InChI=1S/C19H24N2O5S2/c1-6-25-14(22)8-13-9-27-19(21-13)28-12(5)17(23)16-10(3)15(11(4)20-16)18(24)26-7-2/h9,12,20H,6-8H2,1-5H3. The summed E-state index contributed by atoms with van der Waals surface area (Å²) >= 11 is 2.70. The van der Waals surface area contributed by atoms with Crippen LogP contribution in [0.1, 0.15) is 58.6 Å². The van der Waals surface area contributed by atoms with Gasteiger partial charge in [-0.1, -0.05) is 11.8 Å². The molecule has 2 heterocycles. The van der Waals surface area contributed by atoms with Crippen LogP contribution in [0.3, 0.4) is 0 Å². The Bertz CT molecular complexity index is 872. The number of hydrogen-bond acceptors (Lipinski definition) is 8. The van der Waals surface area contributed by atoms with Gasteiger partial charge in [0.25, 0.3) is 0 Å². The van der Waals surface area contributed by atoms with Crippen molar-refractivity contribution >= 4 is 40.8 Å². The summed E-state index contributed by atoms with van der Waals surface area (Å²) in [5.74, 6) is -0.877. The number of H-pyrrole nitrogens is 1. The summed E-state index contributed by atoms with van der Waals surface area (Å²) in [4.78, 5) is 44.0. The normalized spacial score (nSPS) is 11.9. The molecule has 0 aliphatic heterocycles. The van der Waals surface area contributed by atoms with Crippen LogP contribution in [0.15, 0.2) is 9.72 Å². The van der Waals surface area contributed by atoms with Gasteiger partial charge in [0, 0.05) is 11.1 Å². The van der Waals surface area contributed by atoms with E-state index in [2.05, 4.69) is 9.97 Å². The van der Waals surface area contributed by atoms with Crippen molar-refractivity contribution in [2.75, 3.05) is 13.2 Å². The number of carbonyl (C=O) groups excluding carboxylic acids is 3. The number of rotatable bonds is 9. The number of thioether (sulfide) groups is 1. The molecule has 0 radical (unpaired) electrons. The minimum Gasteiger partial charge on any atom is -0.466 e. The lowest BCUT2D eigenvalue weighted by atomic mass is 10.1. The monoisotopic (exact) mass is 424 g/mol. The molecule has 1 N–H and O–H groups in total. The summed E-state index contributed by atoms with van der Waals surface area (Å²) in [5.41, 5.74) is 2.65. The Hall–Kier alpha value is -2.13. The molecular formula is C19H24N2O5S2. The molecule has 2 aromatic heterocycles. The van der Waals surface area contributed by atoms with E-state index in [1.807, 2.05) is 0 Å². The van der Waals surface area contributed by atoms with E-state index in [0.29, 0.717) is 39.2 Å². The second kappa shape index (κ2) is 9.88. The highest BCUT2D eigenvalue weighted by atomic mass is 32.2. The van der Waals surface area contributed by atoms with E-state index in [4.69, 9.17) is 9.47 Å². The van der Waals surface area contributed by atoms with E-state index in [1.54, 1.807) is 40.0 Å². The molecule has 0 fully saturated rings. The molecule has 1 atom stereocenters. The first-order chi connectivity index (χ1) is 13.3. The fourth-order valence-electron chi connectivity index (χ4n) is 2.70. The van der Waals surface area contributed by atoms with Gasteiger partial charge in [0.15, 0.2) is 10.1 Å². The van der Waals surface area contributed by atoms with Crippen LogP contribution in [-0.4, -0.2) is 46.2 Å². The highest BCUT2D eigenvalue weighted by Crippen LogP contribution is 2.30. The lowest BCUT2D eigenvalue weighted by Crippen LogP contribution is -2.15. The average Bonchev–Trinajstić information content (AvgIpc) is 3.18. The van der Waals surface area contributed by atoms with Crippen LogP contribution in [0.4, 0.5) is 0 Å². The van der Waals surface area contributed by atoms with E-state index in [-0.39, 0.29) is 24.8 Å². The molecule has 0 bridgehead atoms. The summed E-state index contributed by atoms with van der Waals surface area (Å²) in [5, 5.41) is 1.38. The Labute approximate surface area is 172 Å². The van der Waals surface area contributed by atoms with Crippen LogP contribution in [0, 0.1) is 13.8 Å². The highest BCUT2D eigenvalue weighted by molar-refractivity contribution is 8.02. The maximum Gasteiger partial charge on any atom is 0.340 e. The van der Waals surface area contributed by atoms with Crippen LogP contribution in [0.5, 0.6) is 0 Å². The topological polar surface area (TPSA) is 98.4 Å². The maximum atomic E-state index is 12.9. The van der Waals surface area contributed by atoms with Crippen LogP contribution >= 0.6 is 23.1 Å². The fraction of sp³-hybridized carbons (Fsp3) is 0.474. The Morgan fingerprint density at radius 3 is 2.54 bits per heavy atom. The van der Waals surface area contributed by atoms with E-state index >= 15 is 0 Å². The molecule has 0 spiro atoms. The van der Waals surface area contributed by atoms with Gasteiger partial charge >= 0.3 is 11.9 Å². The Morgan fingerprint density at radius 1 is 1.21 bits per heavy atom. The minimum atomic E-state index is -0.434. The van der Waals surface area contributed by atoms with Crippen molar-refractivity contribution < 1.29 is 23.9 Å². The Morgan fingerprint density at radius 2 is 1.89 bits per heavy atom. The number of aromatic nitrogens is 2. The van der Waals surface area contributed by atoms with Gasteiger partial charge in [-0.25, -0.2) is 9.78 Å². The average molecular weight is 425 g/mol. The number of carbonyl (C=O) groups is 3. The highest BCUT2D eigenvalue weighted by Gasteiger charge is 2.26. The predicted molar refractivity (Wildman–Crippen MR) is 108 cm³/mol. The number of nitrogens with one attached hydrogen (secondary N) is 1. The summed E-state index contributed by atoms with van der Waals surface area (Å²) < 4.78 is 10.7. The lowest BCUT2D eigenvalue weighted by molar-refractivity contribution is -0.142. The molecule has 0 saturated carbocycles. The molecule has 152 valence electrons. The number of ketones is 1. The van der Waals surface area contributed by atoms with Gasteiger partial charge in [-0.3, -0.25) is 9.59 Å². The maximum absolute atomic E-state index is 12.9. The number of nitrogens with zero attached hydrogens (tertiary/aromatic N) is 1. The lowest BCUT2D eigenvalue weighted by Gasteiger charge is -2.08. The third-order valence-corrected chi connectivity index (χ3v) is 6.09. The zero-order valence-electron chi connectivity index (χ0n) is 16.6. The van der Waals surface area contributed by atoms with E-state index < -0.39 is 11.2 Å². The zero-order chi connectivity index (χ0) is 20.8. The SMILES string of the molecule is CCOC(=O)Cc1csc(SC(C)C(=O)c2[nH]c(C)c(C(=O)OCC)c2C)n1. The van der Waals surface area contributed by atoms with Crippen molar-refractivity contribution in [1.29, 1.82) is 0 Å². The van der Waals surface area contributed by atoms with Crippen LogP contribution in [0.2, 0.25) is 0 Å². The fourth-order valence-corrected chi connectivity index (χ4v) is 4.74. The van der Waals surface area contributed by atoms with Crippen molar-refractivity contribution in [3.63, 3.8) is 0 Å². The van der Waals surface area contributed by atoms with Crippen LogP contribution < -0.4 is 0 Å². The quantitative estimate of drug-likeness (QED) is 0.372. The van der Waals surface area contributed by atoms with Gasteiger partial charge in [0.1, 0.15) is 0 Å². The number of esters is 2. The van der Waals surface area contributed by atoms with Crippen LogP contribution in [-0.2, 0) is 20.7 Å². The number of hydrogen-bond donors (Lipinski definition) is 1. The molecule has 2 aromatic rings. The first-order valence-electron chi connectivity index (χ1n) is 8.95. The number of thiazole rings is 1. The summed E-state index contributed by atoms with van der Waals surface area (Å²) in [6.07, 6.45) is 0.116. The predicted octanol–water partition coefficient (Wildman–Crippen LogP) is 3.73. The summed E-state index contributed by atoms with van der Waals surface area (Å²) in [7, 11) is 0. The number of aromatic amines is 1. The van der Waals surface area contributed by atoms with Crippen molar-refractivity contribution in [2.24, 2.45) is 0 Å². The van der Waals surface area contributed by atoms with Gasteiger partial charge in [-0.05, 0) is 40.2 Å². The van der Waals surface area contributed by atoms with Gasteiger partial charge < -0.3 is 14.5 Å². The largest absolute Gasteiger partial charge is 0.466 e. The van der Waals surface area contributed by atoms with Crippen LogP contribution in [0.25, 0.3) is 0 Å². The van der Waals surface area contributed by atoms with E-state index in [1.165, 1.54) is 23.1 Å².